The molecule has 1 heterocycles. The van der Waals surface area contributed by atoms with Gasteiger partial charge in [0.15, 0.2) is 0 Å². The highest BCUT2D eigenvalue weighted by atomic mass is 16.5. The molecular weight excluding hydrogens is 310 g/mol. The molecule has 3 heteroatoms. The normalized spacial score (nSPS) is 10.8. The molecule has 0 fully saturated rings. The van der Waals surface area contributed by atoms with Crippen molar-refractivity contribution in [3.05, 3.63) is 79.0 Å². The van der Waals surface area contributed by atoms with Crippen molar-refractivity contribution >= 4 is 10.9 Å². The van der Waals surface area contributed by atoms with Crippen LogP contribution >= 0.6 is 0 Å². The number of fused-ring (bicyclic) bond motifs is 1. The van der Waals surface area contributed by atoms with Gasteiger partial charge in [-0.1, -0.05) is 36.4 Å². The molecule has 4 rings (SSSR count). The van der Waals surface area contributed by atoms with Gasteiger partial charge in [0.1, 0.15) is 17.2 Å². The molecule has 0 radical (unpaired) electrons. The van der Waals surface area contributed by atoms with Gasteiger partial charge in [-0.05, 0) is 36.4 Å². The maximum Gasteiger partial charge on any atom is 0.135 e. The topological polar surface area (TPSA) is 23.4 Å². The monoisotopic (exact) mass is 329 g/mol. The highest BCUT2D eigenvalue weighted by Crippen LogP contribution is 2.38. The van der Waals surface area contributed by atoms with E-state index in [1.165, 1.54) is 16.5 Å². The highest BCUT2D eigenvalue weighted by molar-refractivity contribution is 5.97. The van der Waals surface area contributed by atoms with Crippen molar-refractivity contribution in [2.45, 2.75) is 0 Å². The molecule has 0 spiro atoms. The van der Waals surface area contributed by atoms with Crippen LogP contribution < -0.4 is 9.47 Å². The van der Waals surface area contributed by atoms with Gasteiger partial charge in [-0.25, -0.2) is 0 Å². The summed E-state index contributed by atoms with van der Waals surface area (Å²) in [5, 5.41) is 1.22. The van der Waals surface area contributed by atoms with Gasteiger partial charge in [0, 0.05) is 35.3 Å². The van der Waals surface area contributed by atoms with Gasteiger partial charge in [0.05, 0.1) is 7.11 Å². The van der Waals surface area contributed by atoms with Gasteiger partial charge in [-0.15, -0.1) is 0 Å². The molecular formula is C22H19NO2. The van der Waals surface area contributed by atoms with Crippen molar-refractivity contribution in [3.8, 4) is 28.4 Å². The van der Waals surface area contributed by atoms with Crippen LogP contribution in [0.15, 0.2) is 79.0 Å². The highest BCUT2D eigenvalue weighted by Gasteiger charge is 2.13. The maximum atomic E-state index is 6.16. The number of hydrogen-bond acceptors (Lipinski definition) is 2. The van der Waals surface area contributed by atoms with Crippen molar-refractivity contribution in [3.63, 3.8) is 0 Å². The van der Waals surface area contributed by atoms with Crippen LogP contribution in [0.5, 0.6) is 17.2 Å². The summed E-state index contributed by atoms with van der Waals surface area (Å²) in [6, 6.07) is 24.2. The fourth-order valence-corrected chi connectivity index (χ4v) is 3.11. The lowest BCUT2D eigenvalue weighted by Gasteiger charge is -2.11. The van der Waals surface area contributed by atoms with E-state index in [0.717, 1.165) is 22.8 Å². The molecule has 1 aromatic heterocycles. The van der Waals surface area contributed by atoms with Gasteiger partial charge in [0.25, 0.3) is 0 Å². The fraction of sp³-hybridized carbons (Fsp3) is 0.0909. The van der Waals surface area contributed by atoms with Gasteiger partial charge in [-0.2, -0.15) is 0 Å². The van der Waals surface area contributed by atoms with E-state index in [9.17, 15) is 0 Å². The molecule has 3 aromatic carbocycles. The number of aromatic nitrogens is 1. The summed E-state index contributed by atoms with van der Waals surface area (Å²) in [6.45, 7) is 0. The third kappa shape index (κ3) is 2.85. The lowest BCUT2D eigenvalue weighted by atomic mass is 10.0. The van der Waals surface area contributed by atoms with E-state index in [2.05, 4.69) is 48.1 Å². The minimum atomic E-state index is 0.786. The Hall–Kier alpha value is -3.20. The fourth-order valence-electron chi connectivity index (χ4n) is 3.11. The Balaban J connectivity index is 1.78. The molecule has 25 heavy (non-hydrogen) atoms. The van der Waals surface area contributed by atoms with Crippen LogP contribution in [0, 0.1) is 0 Å². The molecule has 3 nitrogen and oxygen atoms in total. The second-order valence-electron chi connectivity index (χ2n) is 5.94. The molecule has 0 saturated carbocycles. The number of methoxy groups -OCH3 is 1. The molecule has 0 unspecified atom stereocenters. The van der Waals surface area contributed by atoms with E-state index >= 15 is 0 Å². The summed E-state index contributed by atoms with van der Waals surface area (Å²) >= 11 is 0. The lowest BCUT2D eigenvalue weighted by Crippen LogP contribution is -1.88. The number of aryl methyl sites for hydroxylation is 1. The van der Waals surface area contributed by atoms with E-state index in [-0.39, 0.29) is 0 Å². The van der Waals surface area contributed by atoms with Gasteiger partial charge in [-0.3, -0.25) is 0 Å². The van der Waals surface area contributed by atoms with Crippen LogP contribution in [0.25, 0.3) is 22.0 Å². The summed E-state index contributed by atoms with van der Waals surface area (Å²) in [7, 11) is 3.73. The second-order valence-corrected chi connectivity index (χ2v) is 5.94. The minimum absolute atomic E-state index is 0.786. The Morgan fingerprint density at radius 3 is 2.20 bits per heavy atom. The molecule has 124 valence electrons. The predicted molar refractivity (Wildman–Crippen MR) is 101 cm³/mol. The molecule has 0 aliphatic carbocycles. The summed E-state index contributed by atoms with van der Waals surface area (Å²) in [4.78, 5) is 0. The number of nitrogens with zero attached hydrogens (tertiary/aromatic N) is 1. The SMILES string of the molecule is COc1ccc(Oc2ccccc2-c2cn(C)c3ccccc23)cc1. The van der Waals surface area contributed by atoms with E-state index < -0.39 is 0 Å². The molecule has 0 amide bonds. The van der Waals surface area contributed by atoms with Crippen molar-refractivity contribution in [1.82, 2.24) is 4.57 Å². The Labute approximate surface area is 147 Å². The average Bonchev–Trinajstić information content (AvgIpc) is 3.00. The number of ether oxygens (including phenoxy) is 2. The van der Waals surface area contributed by atoms with Crippen LogP contribution in [0.4, 0.5) is 0 Å². The van der Waals surface area contributed by atoms with Crippen LogP contribution in [0.3, 0.4) is 0 Å². The number of para-hydroxylation sites is 2. The van der Waals surface area contributed by atoms with E-state index in [4.69, 9.17) is 9.47 Å². The Morgan fingerprint density at radius 2 is 1.40 bits per heavy atom. The first-order valence-electron chi connectivity index (χ1n) is 8.21. The molecule has 0 aliphatic heterocycles. The predicted octanol–water partition coefficient (Wildman–Crippen LogP) is 5.65. The molecule has 0 saturated heterocycles. The molecule has 0 atom stereocenters. The zero-order valence-electron chi connectivity index (χ0n) is 14.3. The number of hydrogen-bond donors (Lipinski definition) is 0. The largest absolute Gasteiger partial charge is 0.497 e. The maximum absolute atomic E-state index is 6.16. The van der Waals surface area contributed by atoms with E-state index in [1.54, 1.807) is 7.11 Å². The van der Waals surface area contributed by atoms with Crippen molar-refractivity contribution in [2.75, 3.05) is 7.11 Å². The lowest BCUT2D eigenvalue weighted by molar-refractivity contribution is 0.413. The molecule has 0 aliphatic rings. The quantitative estimate of drug-likeness (QED) is 0.483. The Morgan fingerprint density at radius 1 is 0.720 bits per heavy atom. The van der Waals surface area contributed by atoms with Crippen molar-refractivity contribution < 1.29 is 9.47 Å². The molecule has 4 aromatic rings. The first kappa shape index (κ1) is 15.3. The summed E-state index contributed by atoms with van der Waals surface area (Å²) in [6.07, 6.45) is 2.15. The van der Waals surface area contributed by atoms with Gasteiger partial charge < -0.3 is 14.0 Å². The Kier molecular flexibility index (Phi) is 3.90. The molecule has 0 bridgehead atoms. The van der Waals surface area contributed by atoms with Crippen LogP contribution in [-0.4, -0.2) is 11.7 Å². The first-order valence-corrected chi connectivity index (χ1v) is 8.21. The van der Waals surface area contributed by atoms with E-state index in [0.29, 0.717) is 0 Å². The summed E-state index contributed by atoms with van der Waals surface area (Å²) in [5.74, 6) is 2.44. The van der Waals surface area contributed by atoms with Crippen molar-refractivity contribution in [1.29, 1.82) is 0 Å². The summed E-state index contributed by atoms with van der Waals surface area (Å²) < 4.78 is 13.5. The standard InChI is InChI=1S/C22H19NO2/c1-23-15-20(18-7-3-5-9-21(18)23)19-8-4-6-10-22(19)25-17-13-11-16(24-2)12-14-17/h3-15H,1-2H3. The second kappa shape index (κ2) is 6.36. The van der Waals surface area contributed by atoms with Crippen LogP contribution in [0.2, 0.25) is 0 Å². The van der Waals surface area contributed by atoms with E-state index in [1.807, 2.05) is 42.5 Å². The number of rotatable bonds is 4. The zero-order chi connectivity index (χ0) is 17.2. The third-order valence-corrected chi connectivity index (χ3v) is 4.36. The van der Waals surface area contributed by atoms with Gasteiger partial charge in [0.2, 0.25) is 0 Å². The first-order chi connectivity index (χ1) is 12.3. The molecule has 0 N–H and O–H groups in total. The third-order valence-electron chi connectivity index (χ3n) is 4.36. The average molecular weight is 329 g/mol. The van der Waals surface area contributed by atoms with Gasteiger partial charge >= 0.3 is 0 Å². The van der Waals surface area contributed by atoms with Crippen LogP contribution in [0.1, 0.15) is 0 Å². The van der Waals surface area contributed by atoms with Crippen molar-refractivity contribution in [2.24, 2.45) is 7.05 Å². The summed E-state index contributed by atoms with van der Waals surface area (Å²) in [5.41, 5.74) is 3.45. The smallest absolute Gasteiger partial charge is 0.135 e. The Bertz CT molecular complexity index is 1020. The zero-order valence-corrected chi connectivity index (χ0v) is 14.3. The number of benzene rings is 3. The van der Waals surface area contributed by atoms with Crippen LogP contribution in [-0.2, 0) is 7.05 Å². The minimum Gasteiger partial charge on any atom is -0.497 e.